The molecule has 94 valence electrons. The Labute approximate surface area is 96.9 Å². The Morgan fingerprint density at radius 2 is 2.25 bits per heavy atom. The van der Waals surface area contributed by atoms with Gasteiger partial charge in [-0.05, 0) is 19.3 Å². The summed E-state index contributed by atoms with van der Waals surface area (Å²) in [5.74, 6) is -0.0680. The van der Waals surface area contributed by atoms with Crippen molar-refractivity contribution in [2.75, 3.05) is 13.1 Å². The normalized spacial score (nSPS) is 23.2. The van der Waals surface area contributed by atoms with E-state index in [-0.39, 0.29) is 5.84 Å². The van der Waals surface area contributed by atoms with Crippen molar-refractivity contribution < 1.29 is 8.42 Å². The van der Waals surface area contributed by atoms with Gasteiger partial charge < -0.3 is 5.73 Å². The summed E-state index contributed by atoms with van der Waals surface area (Å²) in [5.41, 5.74) is 5.43. The Kier molecular flexibility index (Phi) is 4.69. The minimum absolute atomic E-state index is 0.0680. The molecule has 16 heavy (non-hydrogen) atoms. The number of hydrogen-bond donors (Lipinski definition) is 3. The van der Waals surface area contributed by atoms with Crippen molar-refractivity contribution in [3.8, 4) is 0 Å². The fourth-order valence-electron chi connectivity index (χ4n) is 1.82. The number of nitrogens with one attached hydrogen (secondary N) is 2. The van der Waals surface area contributed by atoms with Crippen molar-refractivity contribution in [1.29, 1.82) is 5.41 Å². The van der Waals surface area contributed by atoms with Crippen LogP contribution in [-0.2, 0) is 10.2 Å². The van der Waals surface area contributed by atoms with Gasteiger partial charge in [-0.3, -0.25) is 5.41 Å². The third-order valence-electron chi connectivity index (χ3n) is 2.66. The summed E-state index contributed by atoms with van der Waals surface area (Å²) in [6, 6.07) is -0.469. The molecule has 1 rings (SSSR count). The maximum absolute atomic E-state index is 11.9. The van der Waals surface area contributed by atoms with Crippen LogP contribution in [0.3, 0.4) is 0 Å². The van der Waals surface area contributed by atoms with E-state index in [1.807, 2.05) is 6.92 Å². The molecule has 1 saturated heterocycles. The number of nitrogens with zero attached hydrogens (tertiary/aromatic N) is 1. The highest BCUT2D eigenvalue weighted by atomic mass is 32.2. The van der Waals surface area contributed by atoms with Gasteiger partial charge in [0.15, 0.2) is 0 Å². The monoisotopic (exact) mass is 248 g/mol. The number of piperidine rings is 1. The summed E-state index contributed by atoms with van der Waals surface area (Å²) in [6.07, 6.45) is 3.14. The summed E-state index contributed by atoms with van der Waals surface area (Å²) in [6.45, 7) is 2.77. The third kappa shape index (κ3) is 3.16. The molecule has 1 heterocycles. The van der Waals surface area contributed by atoms with Crippen LogP contribution in [0, 0.1) is 5.41 Å². The van der Waals surface area contributed by atoms with E-state index in [9.17, 15) is 8.42 Å². The fourth-order valence-corrected chi connectivity index (χ4v) is 3.37. The quantitative estimate of drug-likeness (QED) is 0.472. The molecule has 4 N–H and O–H groups in total. The van der Waals surface area contributed by atoms with Crippen LogP contribution in [0.15, 0.2) is 0 Å². The molecular formula is C9H20N4O2S. The SMILES string of the molecule is CCCNS(=O)(=O)N1CCCCC1C(=N)N. The maximum Gasteiger partial charge on any atom is 0.280 e. The van der Waals surface area contributed by atoms with E-state index in [4.69, 9.17) is 11.1 Å². The Hall–Kier alpha value is -0.660. The van der Waals surface area contributed by atoms with Crippen LogP contribution in [0.25, 0.3) is 0 Å². The minimum atomic E-state index is -3.48. The Morgan fingerprint density at radius 1 is 1.56 bits per heavy atom. The molecule has 0 spiro atoms. The Balaban J connectivity index is 2.78. The van der Waals surface area contributed by atoms with Gasteiger partial charge in [-0.2, -0.15) is 12.7 Å². The van der Waals surface area contributed by atoms with E-state index in [2.05, 4.69) is 4.72 Å². The van der Waals surface area contributed by atoms with E-state index in [0.717, 1.165) is 19.3 Å². The standard InChI is InChI=1S/C9H20N4O2S/c1-2-6-12-16(14,15)13-7-4-3-5-8(13)9(10)11/h8,12H,2-7H2,1H3,(H3,10,11). The first kappa shape index (κ1) is 13.4. The van der Waals surface area contributed by atoms with Gasteiger partial charge in [0.05, 0.1) is 6.04 Å². The van der Waals surface area contributed by atoms with Crippen molar-refractivity contribution in [2.24, 2.45) is 5.73 Å². The van der Waals surface area contributed by atoms with Gasteiger partial charge >= 0.3 is 0 Å². The molecule has 0 saturated carbocycles. The molecule has 0 aliphatic carbocycles. The van der Waals surface area contributed by atoms with E-state index < -0.39 is 16.3 Å². The molecule has 0 radical (unpaired) electrons. The molecule has 1 aliphatic rings. The lowest BCUT2D eigenvalue weighted by atomic mass is 10.0. The molecule has 1 atom stereocenters. The lowest BCUT2D eigenvalue weighted by Gasteiger charge is -2.33. The summed E-state index contributed by atoms with van der Waals surface area (Å²) < 4.78 is 27.7. The van der Waals surface area contributed by atoms with E-state index in [0.29, 0.717) is 19.5 Å². The molecule has 0 amide bonds. The number of amidine groups is 1. The van der Waals surface area contributed by atoms with Gasteiger partial charge in [-0.15, -0.1) is 0 Å². The molecule has 0 aromatic heterocycles. The lowest BCUT2D eigenvalue weighted by molar-refractivity contribution is 0.299. The number of hydrogen-bond acceptors (Lipinski definition) is 3. The van der Waals surface area contributed by atoms with Crippen LogP contribution < -0.4 is 10.5 Å². The van der Waals surface area contributed by atoms with Gasteiger partial charge in [0.2, 0.25) is 0 Å². The number of rotatable bonds is 5. The van der Waals surface area contributed by atoms with Crippen LogP contribution in [0.1, 0.15) is 32.6 Å². The van der Waals surface area contributed by atoms with Gasteiger partial charge in [0.25, 0.3) is 10.2 Å². The van der Waals surface area contributed by atoms with Gasteiger partial charge in [0.1, 0.15) is 5.84 Å². The average Bonchev–Trinajstić information content (AvgIpc) is 2.26. The molecule has 0 bridgehead atoms. The Bertz CT molecular complexity index is 341. The summed E-state index contributed by atoms with van der Waals surface area (Å²) >= 11 is 0. The second kappa shape index (κ2) is 5.60. The highest BCUT2D eigenvalue weighted by Crippen LogP contribution is 2.19. The number of nitrogens with two attached hydrogens (primary N) is 1. The molecule has 7 heteroatoms. The van der Waals surface area contributed by atoms with E-state index in [1.54, 1.807) is 0 Å². The summed E-state index contributed by atoms with van der Waals surface area (Å²) in [7, 11) is -3.48. The summed E-state index contributed by atoms with van der Waals surface area (Å²) in [4.78, 5) is 0. The predicted octanol–water partition coefficient (Wildman–Crippen LogP) is 0.0213. The second-order valence-corrected chi connectivity index (χ2v) is 5.68. The first-order chi connectivity index (χ1) is 7.49. The second-order valence-electron chi connectivity index (χ2n) is 3.98. The van der Waals surface area contributed by atoms with Crippen molar-refractivity contribution in [3.05, 3.63) is 0 Å². The van der Waals surface area contributed by atoms with Crippen LogP contribution >= 0.6 is 0 Å². The van der Waals surface area contributed by atoms with Crippen LogP contribution in [-0.4, -0.2) is 37.7 Å². The molecule has 0 aromatic rings. The first-order valence-electron chi connectivity index (χ1n) is 5.59. The maximum atomic E-state index is 11.9. The van der Waals surface area contributed by atoms with Crippen molar-refractivity contribution >= 4 is 16.0 Å². The minimum Gasteiger partial charge on any atom is -0.386 e. The van der Waals surface area contributed by atoms with Crippen LogP contribution in [0.5, 0.6) is 0 Å². The molecule has 1 fully saturated rings. The lowest BCUT2D eigenvalue weighted by Crippen LogP contribution is -2.53. The summed E-state index contributed by atoms with van der Waals surface area (Å²) in [5, 5.41) is 7.42. The highest BCUT2D eigenvalue weighted by Gasteiger charge is 2.33. The van der Waals surface area contributed by atoms with Gasteiger partial charge in [0, 0.05) is 13.1 Å². The first-order valence-corrected chi connectivity index (χ1v) is 7.03. The fraction of sp³-hybridized carbons (Fsp3) is 0.889. The van der Waals surface area contributed by atoms with Gasteiger partial charge in [-0.25, -0.2) is 4.72 Å². The smallest absolute Gasteiger partial charge is 0.280 e. The van der Waals surface area contributed by atoms with Crippen LogP contribution in [0.2, 0.25) is 0 Å². The molecule has 0 aromatic carbocycles. The average molecular weight is 248 g/mol. The molecular weight excluding hydrogens is 228 g/mol. The third-order valence-corrected chi connectivity index (χ3v) is 4.28. The van der Waals surface area contributed by atoms with Crippen molar-refractivity contribution in [1.82, 2.24) is 9.03 Å². The topological polar surface area (TPSA) is 99.3 Å². The Morgan fingerprint density at radius 3 is 2.81 bits per heavy atom. The molecule has 6 nitrogen and oxygen atoms in total. The molecule has 1 aliphatic heterocycles. The van der Waals surface area contributed by atoms with Crippen molar-refractivity contribution in [2.45, 2.75) is 38.6 Å². The zero-order valence-electron chi connectivity index (χ0n) is 9.57. The zero-order valence-corrected chi connectivity index (χ0v) is 10.4. The van der Waals surface area contributed by atoms with Crippen molar-refractivity contribution in [3.63, 3.8) is 0 Å². The highest BCUT2D eigenvalue weighted by molar-refractivity contribution is 7.87. The molecule has 1 unspecified atom stereocenters. The van der Waals surface area contributed by atoms with Gasteiger partial charge in [-0.1, -0.05) is 13.3 Å². The predicted molar refractivity (Wildman–Crippen MR) is 63.5 cm³/mol. The van der Waals surface area contributed by atoms with Crippen LogP contribution in [0.4, 0.5) is 0 Å². The van der Waals surface area contributed by atoms with E-state index in [1.165, 1.54) is 4.31 Å². The van der Waals surface area contributed by atoms with E-state index >= 15 is 0 Å². The zero-order chi connectivity index (χ0) is 12.2. The largest absolute Gasteiger partial charge is 0.386 e.